The number of ether oxygens (including phenoxy) is 1. The Morgan fingerprint density at radius 2 is 1.84 bits per heavy atom. The number of fused-ring (bicyclic) bond motifs is 1. The molecule has 0 radical (unpaired) electrons. The maximum absolute atomic E-state index is 14.1. The first-order chi connectivity index (χ1) is 23.6. The summed E-state index contributed by atoms with van der Waals surface area (Å²) in [5, 5.41) is 4.58. The smallest absolute Gasteiger partial charge is 0.237 e. The SMILES string of the molecule is CC(C)Oc1ccc(C2=NCc3ccc(N4CC[C@]5(CCN(CC(=O)N6CC=C(C78CC(c9ncn(C)n9)(C7)C8)CC6)C5)C4=O)cc32)cn1. The number of hydrogen-bond donors (Lipinski definition) is 0. The lowest BCUT2D eigenvalue weighted by Gasteiger charge is -2.71. The van der Waals surface area contributed by atoms with E-state index in [2.05, 4.69) is 44.2 Å². The van der Waals surface area contributed by atoms with Crippen LogP contribution in [0.1, 0.15) is 74.9 Å². The molecule has 3 aliphatic carbocycles. The zero-order valence-electron chi connectivity index (χ0n) is 28.7. The summed E-state index contributed by atoms with van der Waals surface area (Å²) in [5.41, 5.74) is 6.57. The fraction of sp³-hybridized carbons (Fsp3) is 0.526. The molecular weight excluding hydrogens is 616 g/mol. The van der Waals surface area contributed by atoms with Gasteiger partial charge in [0.05, 0.1) is 30.3 Å². The molecule has 11 nitrogen and oxygen atoms in total. The average Bonchev–Trinajstić information content (AvgIpc) is 3.84. The highest BCUT2D eigenvalue weighted by Crippen LogP contribution is 2.76. The standard InChI is InChI=1S/C38H44N8O3/c1-25(2)49-31-7-5-27(18-39-31)33-30-16-29(6-4-26(30)17-40-33)46-15-11-36(35(46)48)10-14-44(23-36)19-32(47)45-12-8-28(9-13-45)37-20-38(21-37,22-37)34-41-24-43(3)42-34/h4-8,16,18,24-25H,9-15,17,19-23H2,1-3H3/t36-,37?,38?/m0/s1. The number of nitrogens with zero attached hydrogens (tertiary/aromatic N) is 8. The second-order valence-electron chi connectivity index (χ2n) is 15.7. The van der Waals surface area contributed by atoms with Gasteiger partial charge in [0, 0.05) is 67.7 Å². The van der Waals surface area contributed by atoms with E-state index in [9.17, 15) is 9.59 Å². The maximum Gasteiger partial charge on any atom is 0.237 e. The number of aliphatic imine (C=N–C) groups is 1. The van der Waals surface area contributed by atoms with Crippen LogP contribution in [0.25, 0.3) is 0 Å². The van der Waals surface area contributed by atoms with Crippen LogP contribution in [0.2, 0.25) is 0 Å². The first kappa shape index (κ1) is 30.7. The highest BCUT2D eigenvalue weighted by Gasteiger charge is 2.71. The quantitative estimate of drug-likeness (QED) is 0.336. The molecule has 2 aromatic heterocycles. The molecule has 1 atom stereocenters. The van der Waals surface area contributed by atoms with Gasteiger partial charge in [-0.2, -0.15) is 5.10 Å². The minimum atomic E-state index is -0.427. The van der Waals surface area contributed by atoms with E-state index in [1.54, 1.807) is 11.0 Å². The van der Waals surface area contributed by atoms with Gasteiger partial charge in [0.15, 0.2) is 5.82 Å². The summed E-state index contributed by atoms with van der Waals surface area (Å²) in [7, 11) is 1.93. The number of aromatic nitrogens is 4. The van der Waals surface area contributed by atoms with Crippen LogP contribution in [0, 0.1) is 10.8 Å². The van der Waals surface area contributed by atoms with Gasteiger partial charge < -0.3 is 14.5 Å². The third-order valence-electron chi connectivity index (χ3n) is 12.1. The second kappa shape index (κ2) is 11.1. The Balaban J connectivity index is 0.807. The molecule has 3 aromatic rings. The van der Waals surface area contributed by atoms with E-state index in [0.717, 1.165) is 85.5 Å². The molecule has 1 aromatic carbocycles. The van der Waals surface area contributed by atoms with Crippen molar-refractivity contribution in [2.45, 2.75) is 70.4 Å². The van der Waals surface area contributed by atoms with Gasteiger partial charge in [0.1, 0.15) is 6.33 Å². The molecular formula is C38H44N8O3. The molecule has 6 heterocycles. The number of hydrogen-bond acceptors (Lipinski definition) is 8. The van der Waals surface area contributed by atoms with Gasteiger partial charge in [-0.3, -0.25) is 24.2 Å². The van der Waals surface area contributed by atoms with Gasteiger partial charge in [-0.1, -0.05) is 17.7 Å². The lowest BCUT2D eigenvalue weighted by Crippen LogP contribution is -2.66. The lowest BCUT2D eigenvalue weighted by molar-refractivity contribution is -0.134. The molecule has 11 heteroatoms. The molecule has 254 valence electrons. The van der Waals surface area contributed by atoms with Gasteiger partial charge in [-0.15, -0.1) is 0 Å². The summed E-state index contributed by atoms with van der Waals surface area (Å²) in [4.78, 5) is 47.5. The molecule has 0 unspecified atom stereocenters. The van der Waals surface area contributed by atoms with Crippen LogP contribution in [0.15, 0.2) is 59.5 Å². The molecule has 2 amide bonds. The van der Waals surface area contributed by atoms with Crippen LogP contribution in [0.3, 0.4) is 0 Å². The monoisotopic (exact) mass is 660 g/mol. The topological polar surface area (TPSA) is 109 Å². The minimum Gasteiger partial charge on any atom is -0.475 e. The molecule has 2 bridgehead atoms. The van der Waals surface area contributed by atoms with Crippen molar-refractivity contribution >= 4 is 23.2 Å². The number of pyridine rings is 1. The number of aryl methyl sites for hydroxylation is 1. The number of carbonyl (C=O) groups is 2. The second-order valence-corrected chi connectivity index (χ2v) is 15.7. The molecule has 0 N–H and O–H groups in total. The van der Waals surface area contributed by atoms with E-state index in [0.29, 0.717) is 44.0 Å². The van der Waals surface area contributed by atoms with Gasteiger partial charge in [-0.05, 0) is 88.1 Å². The van der Waals surface area contributed by atoms with Gasteiger partial charge in [-0.25, -0.2) is 9.97 Å². The van der Waals surface area contributed by atoms with Crippen LogP contribution in [0.4, 0.5) is 5.69 Å². The van der Waals surface area contributed by atoms with Crippen molar-refractivity contribution in [1.82, 2.24) is 29.5 Å². The van der Waals surface area contributed by atoms with Crippen LogP contribution in [0.5, 0.6) is 5.88 Å². The van der Waals surface area contributed by atoms with Crippen molar-refractivity contribution in [3.05, 3.63) is 77.0 Å². The van der Waals surface area contributed by atoms with Crippen molar-refractivity contribution in [1.29, 1.82) is 0 Å². The van der Waals surface area contributed by atoms with Gasteiger partial charge in [0.2, 0.25) is 17.7 Å². The summed E-state index contributed by atoms with van der Waals surface area (Å²) in [6, 6.07) is 10.2. The Kier molecular flexibility index (Phi) is 6.92. The predicted molar refractivity (Wildman–Crippen MR) is 184 cm³/mol. The fourth-order valence-corrected chi connectivity index (χ4v) is 9.57. The molecule has 4 aliphatic heterocycles. The number of carbonyl (C=O) groups excluding carboxylic acids is 2. The predicted octanol–water partition coefficient (Wildman–Crippen LogP) is 4.06. The number of rotatable bonds is 8. The largest absolute Gasteiger partial charge is 0.475 e. The summed E-state index contributed by atoms with van der Waals surface area (Å²) < 4.78 is 7.52. The number of anilines is 1. The van der Waals surface area contributed by atoms with Crippen molar-refractivity contribution in [3.63, 3.8) is 0 Å². The van der Waals surface area contributed by atoms with Crippen molar-refractivity contribution in [3.8, 4) is 5.88 Å². The molecule has 49 heavy (non-hydrogen) atoms. The maximum atomic E-state index is 14.1. The number of benzene rings is 1. The highest BCUT2D eigenvalue weighted by atomic mass is 16.5. The average molecular weight is 661 g/mol. The van der Waals surface area contributed by atoms with Gasteiger partial charge >= 0.3 is 0 Å². The summed E-state index contributed by atoms with van der Waals surface area (Å²) in [6.07, 6.45) is 12.0. The van der Waals surface area contributed by atoms with E-state index >= 15 is 0 Å². The molecule has 2 saturated heterocycles. The Hall–Kier alpha value is -4.38. The van der Waals surface area contributed by atoms with Crippen molar-refractivity contribution in [2.24, 2.45) is 22.9 Å². The van der Waals surface area contributed by atoms with Crippen LogP contribution >= 0.6 is 0 Å². The fourth-order valence-electron chi connectivity index (χ4n) is 9.57. The van der Waals surface area contributed by atoms with E-state index in [1.807, 2.05) is 49.0 Å². The van der Waals surface area contributed by atoms with E-state index < -0.39 is 5.41 Å². The van der Waals surface area contributed by atoms with Crippen molar-refractivity contribution < 1.29 is 14.3 Å². The Morgan fingerprint density at radius 1 is 1.00 bits per heavy atom. The molecule has 7 aliphatic rings. The van der Waals surface area contributed by atoms with E-state index in [1.165, 1.54) is 5.57 Å². The Labute approximate surface area is 287 Å². The molecule has 10 rings (SSSR count). The minimum absolute atomic E-state index is 0.0626. The third kappa shape index (κ3) is 4.94. The molecule has 5 fully saturated rings. The first-order valence-electron chi connectivity index (χ1n) is 17.8. The highest BCUT2D eigenvalue weighted by molar-refractivity contribution is 6.16. The van der Waals surface area contributed by atoms with E-state index in [4.69, 9.17) is 9.73 Å². The summed E-state index contributed by atoms with van der Waals surface area (Å²) in [5.74, 6) is 1.95. The van der Waals surface area contributed by atoms with Crippen molar-refractivity contribution in [2.75, 3.05) is 44.2 Å². The van der Waals surface area contributed by atoms with E-state index in [-0.39, 0.29) is 23.3 Å². The Morgan fingerprint density at radius 3 is 2.55 bits per heavy atom. The normalized spacial score (nSPS) is 28.9. The zero-order valence-corrected chi connectivity index (χ0v) is 28.7. The molecule has 3 saturated carbocycles. The number of likely N-dealkylation sites (tertiary alicyclic amines) is 1. The van der Waals surface area contributed by atoms with Crippen LogP contribution < -0.4 is 9.64 Å². The third-order valence-corrected chi connectivity index (χ3v) is 12.1. The van der Waals surface area contributed by atoms with Crippen LogP contribution in [-0.2, 0) is 28.6 Å². The summed E-state index contributed by atoms with van der Waals surface area (Å²) in [6.45, 7) is 8.54. The Bertz CT molecular complexity index is 1890. The van der Waals surface area contributed by atoms with Gasteiger partial charge in [0.25, 0.3) is 0 Å². The first-order valence-corrected chi connectivity index (χ1v) is 17.8. The van der Waals surface area contributed by atoms with Crippen LogP contribution in [-0.4, -0.2) is 92.4 Å². The summed E-state index contributed by atoms with van der Waals surface area (Å²) >= 11 is 0. The zero-order chi connectivity index (χ0) is 33.5. The lowest BCUT2D eigenvalue weighted by atomic mass is 9.32. The molecule has 1 spiro atoms. The number of amides is 2.